The van der Waals surface area contributed by atoms with Gasteiger partial charge in [0.25, 0.3) is 5.91 Å². The van der Waals surface area contributed by atoms with E-state index in [1.807, 2.05) is 4.90 Å². The van der Waals surface area contributed by atoms with Crippen LogP contribution >= 0.6 is 0 Å². The molecule has 1 saturated heterocycles. The first kappa shape index (κ1) is 15.1. The molecule has 3 nitrogen and oxygen atoms in total. The van der Waals surface area contributed by atoms with E-state index >= 15 is 0 Å². The van der Waals surface area contributed by atoms with E-state index < -0.39 is 0 Å². The van der Waals surface area contributed by atoms with Crippen LogP contribution < -0.4 is 0 Å². The molecule has 0 saturated carbocycles. The molecule has 1 aliphatic rings. The van der Waals surface area contributed by atoms with Crippen molar-refractivity contribution in [2.75, 3.05) is 13.1 Å². The topological polar surface area (TPSA) is 25.2 Å². The summed E-state index contributed by atoms with van der Waals surface area (Å²) in [6.07, 6.45) is 5.78. The predicted octanol–water partition coefficient (Wildman–Crippen LogP) is 4.38. The number of carbonyl (C=O) groups is 1. The quantitative estimate of drug-likeness (QED) is 0.822. The van der Waals surface area contributed by atoms with Crippen LogP contribution in [0.15, 0.2) is 24.3 Å². The van der Waals surface area contributed by atoms with Crippen molar-refractivity contribution in [1.82, 2.24) is 9.47 Å². The van der Waals surface area contributed by atoms with Crippen molar-refractivity contribution in [3.8, 4) is 0 Å². The summed E-state index contributed by atoms with van der Waals surface area (Å²) in [7, 11) is 0. The minimum atomic E-state index is 0.226. The lowest BCUT2D eigenvalue weighted by Crippen LogP contribution is -2.37. The molecule has 0 bridgehead atoms. The van der Waals surface area contributed by atoms with Gasteiger partial charge in [-0.3, -0.25) is 4.79 Å². The third-order valence-corrected chi connectivity index (χ3v) is 4.81. The first-order chi connectivity index (χ1) is 10.7. The van der Waals surface area contributed by atoms with Crippen molar-refractivity contribution in [2.45, 2.75) is 52.5 Å². The van der Waals surface area contributed by atoms with Gasteiger partial charge in [-0.25, -0.2) is 0 Å². The highest BCUT2D eigenvalue weighted by molar-refractivity contribution is 6.01. The zero-order valence-electron chi connectivity index (χ0n) is 13.8. The molecule has 0 atom stereocenters. The molecule has 0 spiro atoms. The third-order valence-electron chi connectivity index (χ3n) is 4.81. The second kappa shape index (κ2) is 6.55. The van der Waals surface area contributed by atoms with E-state index in [0.717, 1.165) is 56.6 Å². The van der Waals surface area contributed by atoms with Crippen LogP contribution in [0.25, 0.3) is 10.9 Å². The van der Waals surface area contributed by atoms with E-state index in [1.54, 1.807) is 0 Å². The molecule has 3 heteroatoms. The number of likely N-dealkylation sites (tertiary alicyclic amines) is 1. The number of amides is 1. The Morgan fingerprint density at radius 3 is 2.59 bits per heavy atom. The maximum absolute atomic E-state index is 13.1. The molecule has 2 heterocycles. The fourth-order valence-corrected chi connectivity index (χ4v) is 3.55. The van der Waals surface area contributed by atoms with Crippen LogP contribution in [0.3, 0.4) is 0 Å². The number of fused-ring (bicyclic) bond motifs is 1. The number of aryl methyl sites for hydroxylation is 2. The minimum Gasteiger partial charge on any atom is -0.337 e. The molecule has 118 valence electrons. The SMILES string of the molecule is CCCCn1c(C(=O)N2CCCCC2)c(C)c2ccccc21. The second-order valence-corrected chi connectivity index (χ2v) is 6.35. The third kappa shape index (κ3) is 2.65. The van der Waals surface area contributed by atoms with Gasteiger partial charge in [0.1, 0.15) is 5.69 Å². The van der Waals surface area contributed by atoms with Crippen molar-refractivity contribution in [3.63, 3.8) is 0 Å². The minimum absolute atomic E-state index is 0.226. The Balaban J connectivity index is 2.06. The van der Waals surface area contributed by atoms with Crippen LogP contribution in [-0.2, 0) is 6.54 Å². The zero-order valence-corrected chi connectivity index (χ0v) is 13.8. The van der Waals surface area contributed by atoms with Gasteiger partial charge in [-0.05, 0) is 44.2 Å². The van der Waals surface area contributed by atoms with E-state index in [4.69, 9.17) is 0 Å². The number of para-hydroxylation sites is 1. The fourth-order valence-electron chi connectivity index (χ4n) is 3.55. The highest BCUT2D eigenvalue weighted by atomic mass is 16.2. The summed E-state index contributed by atoms with van der Waals surface area (Å²) in [6.45, 7) is 7.05. The highest BCUT2D eigenvalue weighted by Crippen LogP contribution is 2.28. The van der Waals surface area contributed by atoms with E-state index in [9.17, 15) is 4.79 Å². The lowest BCUT2D eigenvalue weighted by molar-refractivity contribution is 0.0713. The lowest BCUT2D eigenvalue weighted by atomic mass is 10.1. The predicted molar refractivity (Wildman–Crippen MR) is 91.3 cm³/mol. The first-order valence-electron chi connectivity index (χ1n) is 8.61. The van der Waals surface area contributed by atoms with Gasteiger partial charge in [0, 0.05) is 30.5 Å². The lowest BCUT2D eigenvalue weighted by Gasteiger charge is -2.27. The summed E-state index contributed by atoms with van der Waals surface area (Å²) in [4.78, 5) is 15.1. The van der Waals surface area contributed by atoms with Crippen LogP contribution in [0.4, 0.5) is 0 Å². The molecule has 0 N–H and O–H groups in total. The second-order valence-electron chi connectivity index (χ2n) is 6.35. The largest absolute Gasteiger partial charge is 0.337 e. The van der Waals surface area contributed by atoms with Crippen LogP contribution in [0.2, 0.25) is 0 Å². The number of aromatic nitrogens is 1. The van der Waals surface area contributed by atoms with Crippen molar-refractivity contribution in [1.29, 1.82) is 0 Å². The number of piperidine rings is 1. The van der Waals surface area contributed by atoms with E-state index in [-0.39, 0.29) is 5.91 Å². The van der Waals surface area contributed by atoms with Gasteiger partial charge in [0.15, 0.2) is 0 Å². The summed E-state index contributed by atoms with van der Waals surface area (Å²) >= 11 is 0. The molecular formula is C19H26N2O. The molecule has 1 aromatic heterocycles. The van der Waals surface area contributed by atoms with Gasteiger partial charge in [-0.1, -0.05) is 31.5 Å². The monoisotopic (exact) mass is 298 g/mol. The summed E-state index contributed by atoms with van der Waals surface area (Å²) in [6, 6.07) is 8.42. The summed E-state index contributed by atoms with van der Waals surface area (Å²) < 4.78 is 2.26. The Morgan fingerprint density at radius 1 is 1.14 bits per heavy atom. The summed E-state index contributed by atoms with van der Waals surface area (Å²) in [5.74, 6) is 0.226. The summed E-state index contributed by atoms with van der Waals surface area (Å²) in [5.41, 5.74) is 3.26. The average Bonchev–Trinajstić information content (AvgIpc) is 2.86. The molecule has 1 aromatic carbocycles. The van der Waals surface area contributed by atoms with Crippen LogP contribution in [0, 0.1) is 6.92 Å². The van der Waals surface area contributed by atoms with Crippen molar-refractivity contribution in [3.05, 3.63) is 35.5 Å². The van der Waals surface area contributed by atoms with Crippen molar-refractivity contribution >= 4 is 16.8 Å². The number of hydrogen-bond donors (Lipinski definition) is 0. The average molecular weight is 298 g/mol. The fraction of sp³-hybridized carbons (Fsp3) is 0.526. The Morgan fingerprint density at radius 2 is 1.86 bits per heavy atom. The van der Waals surface area contributed by atoms with Crippen molar-refractivity contribution in [2.24, 2.45) is 0 Å². The zero-order chi connectivity index (χ0) is 15.5. The Kier molecular flexibility index (Phi) is 4.51. The Hall–Kier alpha value is -1.77. The normalized spacial score (nSPS) is 15.5. The molecule has 1 fully saturated rings. The molecule has 0 unspecified atom stereocenters. The maximum atomic E-state index is 13.1. The molecule has 0 aliphatic carbocycles. The first-order valence-corrected chi connectivity index (χ1v) is 8.61. The van der Waals surface area contributed by atoms with Gasteiger partial charge < -0.3 is 9.47 Å². The number of carbonyl (C=O) groups excluding carboxylic acids is 1. The Bertz CT molecular complexity index is 665. The molecular weight excluding hydrogens is 272 g/mol. The standard InChI is InChI=1S/C19H26N2O/c1-3-4-14-21-17-11-7-6-10-16(17)15(2)18(21)19(22)20-12-8-5-9-13-20/h6-7,10-11H,3-5,8-9,12-14H2,1-2H3. The van der Waals surface area contributed by atoms with Gasteiger partial charge in [-0.15, -0.1) is 0 Å². The number of benzene rings is 1. The van der Waals surface area contributed by atoms with E-state index in [2.05, 4.69) is 42.7 Å². The molecule has 1 aliphatic heterocycles. The molecule has 22 heavy (non-hydrogen) atoms. The Labute approximate surface area is 132 Å². The van der Waals surface area contributed by atoms with Gasteiger partial charge >= 0.3 is 0 Å². The molecule has 1 amide bonds. The van der Waals surface area contributed by atoms with E-state index in [1.165, 1.54) is 17.3 Å². The number of unbranched alkanes of at least 4 members (excludes halogenated alkanes) is 1. The van der Waals surface area contributed by atoms with Gasteiger partial charge in [0.05, 0.1) is 0 Å². The van der Waals surface area contributed by atoms with Gasteiger partial charge in [-0.2, -0.15) is 0 Å². The number of nitrogens with zero attached hydrogens (tertiary/aromatic N) is 2. The van der Waals surface area contributed by atoms with Crippen LogP contribution in [-0.4, -0.2) is 28.5 Å². The van der Waals surface area contributed by atoms with Crippen LogP contribution in [0.5, 0.6) is 0 Å². The highest BCUT2D eigenvalue weighted by Gasteiger charge is 2.25. The number of hydrogen-bond acceptors (Lipinski definition) is 1. The van der Waals surface area contributed by atoms with Crippen LogP contribution in [0.1, 0.15) is 55.1 Å². The van der Waals surface area contributed by atoms with E-state index in [0.29, 0.717) is 0 Å². The summed E-state index contributed by atoms with van der Waals surface area (Å²) in [5, 5.41) is 1.22. The van der Waals surface area contributed by atoms with Gasteiger partial charge in [0.2, 0.25) is 0 Å². The molecule has 0 radical (unpaired) electrons. The molecule has 3 rings (SSSR count). The maximum Gasteiger partial charge on any atom is 0.270 e. The van der Waals surface area contributed by atoms with Crippen molar-refractivity contribution < 1.29 is 4.79 Å². The molecule has 2 aromatic rings. The smallest absolute Gasteiger partial charge is 0.270 e. The number of rotatable bonds is 4.